The quantitative estimate of drug-likeness (QED) is 0.242. The van der Waals surface area contributed by atoms with Crippen molar-refractivity contribution >= 4 is 43.7 Å². The smallest absolute Gasteiger partial charge is 0.261 e. The third-order valence-electron chi connectivity index (χ3n) is 7.36. The van der Waals surface area contributed by atoms with Gasteiger partial charge in [0.2, 0.25) is 5.91 Å². The first-order chi connectivity index (χ1) is 19.1. The van der Waals surface area contributed by atoms with E-state index >= 15 is 0 Å². The number of nitrogens with zero attached hydrogens (tertiary/aromatic N) is 1. The van der Waals surface area contributed by atoms with Gasteiger partial charge in [-0.05, 0) is 75.1 Å². The zero-order valence-corrected chi connectivity index (χ0v) is 26.6. The predicted octanol–water partition coefficient (Wildman–Crippen LogP) is 7.59. The van der Waals surface area contributed by atoms with E-state index in [1.54, 1.807) is 4.90 Å². The van der Waals surface area contributed by atoms with Crippen LogP contribution in [-0.2, 0) is 28.0 Å². The lowest BCUT2D eigenvalue weighted by Crippen LogP contribution is -2.53. The Kier molecular flexibility index (Phi) is 10.5. The van der Waals surface area contributed by atoms with Gasteiger partial charge in [-0.2, -0.15) is 0 Å². The van der Waals surface area contributed by atoms with Crippen LogP contribution in [0.25, 0.3) is 0 Å². The van der Waals surface area contributed by atoms with E-state index < -0.39 is 6.04 Å². The average molecular weight is 670 g/mol. The summed E-state index contributed by atoms with van der Waals surface area (Å²) in [6.07, 6.45) is 4.61. The Labute approximate surface area is 254 Å². The van der Waals surface area contributed by atoms with Crippen molar-refractivity contribution in [2.75, 3.05) is 6.61 Å². The molecule has 3 aromatic carbocycles. The fourth-order valence-corrected chi connectivity index (χ4v) is 6.00. The van der Waals surface area contributed by atoms with Crippen molar-refractivity contribution in [2.24, 2.45) is 0 Å². The lowest BCUT2D eigenvalue weighted by atomic mass is 9.87. The van der Waals surface area contributed by atoms with Gasteiger partial charge in [0.05, 0.1) is 4.47 Å². The number of carbonyl (C=O) groups excluding carboxylic acids is 2. The Hall–Kier alpha value is -2.64. The Morgan fingerprint density at radius 3 is 2.30 bits per heavy atom. The summed E-state index contributed by atoms with van der Waals surface area (Å²) in [6.45, 7) is 6.58. The third-order valence-corrected chi connectivity index (χ3v) is 8.48. The monoisotopic (exact) mass is 668 g/mol. The first-order valence-electron chi connectivity index (χ1n) is 13.9. The zero-order valence-electron chi connectivity index (χ0n) is 23.5. The average Bonchev–Trinajstić information content (AvgIpc) is 3.43. The maximum atomic E-state index is 13.9. The van der Waals surface area contributed by atoms with Crippen LogP contribution < -0.4 is 10.1 Å². The lowest BCUT2D eigenvalue weighted by Gasteiger charge is -2.32. The molecule has 5 nitrogen and oxygen atoms in total. The van der Waals surface area contributed by atoms with Gasteiger partial charge < -0.3 is 15.0 Å². The molecule has 2 amide bonds. The Bertz CT molecular complexity index is 1300. The largest absolute Gasteiger partial charge is 0.483 e. The van der Waals surface area contributed by atoms with E-state index in [4.69, 9.17) is 4.74 Å². The van der Waals surface area contributed by atoms with Crippen LogP contribution in [-0.4, -0.2) is 35.4 Å². The summed E-state index contributed by atoms with van der Waals surface area (Å²) < 4.78 is 7.76. The third kappa shape index (κ3) is 8.43. The second-order valence-electron chi connectivity index (χ2n) is 11.5. The van der Waals surface area contributed by atoms with Gasteiger partial charge in [0.1, 0.15) is 11.8 Å². The molecular weight excluding hydrogens is 632 g/mol. The molecule has 1 N–H and O–H groups in total. The van der Waals surface area contributed by atoms with Crippen LogP contribution in [0, 0.1) is 0 Å². The zero-order chi connectivity index (χ0) is 28.7. The van der Waals surface area contributed by atoms with Crippen LogP contribution in [0.1, 0.15) is 63.1 Å². The van der Waals surface area contributed by atoms with Gasteiger partial charge in [-0.15, -0.1) is 0 Å². The minimum Gasteiger partial charge on any atom is -0.483 e. The van der Waals surface area contributed by atoms with E-state index in [0.29, 0.717) is 18.7 Å². The van der Waals surface area contributed by atoms with Gasteiger partial charge in [0.15, 0.2) is 6.61 Å². The highest BCUT2D eigenvalue weighted by atomic mass is 79.9. The Morgan fingerprint density at radius 2 is 1.65 bits per heavy atom. The predicted molar refractivity (Wildman–Crippen MR) is 167 cm³/mol. The molecule has 1 fully saturated rings. The van der Waals surface area contributed by atoms with Gasteiger partial charge in [-0.25, -0.2) is 0 Å². The fraction of sp³-hybridized carbons (Fsp3) is 0.394. The SMILES string of the molecule is CC(C)(C)c1ccc(OCC(=O)N(Cc2cccc(Br)c2)[C@H](Cc2ccccc2)C(=O)NC2CCCC2)c(Br)c1. The van der Waals surface area contributed by atoms with E-state index in [1.807, 2.05) is 72.8 Å². The number of hydrogen-bond donors (Lipinski definition) is 1. The van der Waals surface area contributed by atoms with Crippen LogP contribution in [0.5, 0.6) is 5.75 Å². The van der Waals surface area contributed by atoms with Crippen molar-refractivity contribution in [3.63, 3.8) is 0 Å². The molecule has 4 rings (SSSR count). The molecule has 1 aliphatic carbocycles. The molecule has 0 unspecified atom stereocenters. The van der Waals surface area contributed by atoms with Crippen LogP contribution in [0.15, 0.2) is 81.7 Å². The van der Waals surface area contributed by atoms with Gasteiger partial charge in [0.25, 0.3) is 5.91 Å². The van der Waals surface area contributed by atoms with E-state index in [-0.39, 0.29) is 29.9 Å². The molecule has 1 atom stereocenters. The van der Waals surface area contributed by atoms with E-state index in [1.165, 1.54) is 5.56 Å². The van der Waals surface area contributed by atoms with Gasteiger partial charge in [-0.3, -0.25) is 9.59 Å². The molecule has 40 heavy (non-hydrogen) atoms. The highest BCUT2D eigenvalue weighted by Crippen LogP contribution is 2.31. The summed E-state index contributed by atoms with van der Waals surface area (Å²) >= 11 is 7.16. The maximum Gasteiger partial charge on any atom is 0.261 e. The maximum absolute atomic E-state index is 13.9. The number of halogens is 2. The summed E-state index contributed by atoms with van der Waals surface area (Å²) in [4.78, 5) is 29.4. The molecule has 0 heterocycles. The second-order valence-corrected chi connectivity index (χ2v) is 13.3. The van der Waals surface area contributed by atoms with Gasteiger partial charge >= 0.3 is 0 Å². The summed E-state index contributed by atoms with van der Waals surface area (Å²) in [5.41, 5.74) is 3.10. The summed E-state index contributed by atoms with van der Waals surface area (Å²) in [6, 6.07) is 23.2. The number of benzene rings is 3. The summed E-state index contributed by atoms with van der Waals surface area (Å²) in [5, 5.41) is 3.24. The second kappa shape index (κ2) is 13.8. The van der Waals surface area contributed by atoms with Crippen molar-refractivity contribution in [3.8, 4) is 5.75 Å². The minimum atomic E-state index is -0.676. The molecule has 1 saturated carbocycles. The van der Waals surface area contributed by atoms with Crippen molar-refractivity contribution in [3.05, 3.63) is 98.4 Å². The Morgan fingerprint density at radius 1 is 0.950 bits per heavy atom. The van der Waals surface area contributed by atoms with E-state index in [0.717, 1.165) is 45.8 Å². The Balaban J connectivity index is 1.61. The number of carbonyl (C=O) groups is 2. The highest BCUT2D eigenvalue weighted by Gasteiger charge is 2.32. The molecule has 212 valence electrons. The van der Waals surface area contributed by atoms with Crippen LogP contribution >= 0.6 is 31.9 Å². The van der Waals surface area contributed by atoms with E-state index in [2.05, 4.69) is 57.9 Å². The van der Waals surface area contributed by atoms with Gasteiger partial charge in [0, 0.05) is 23.5 Å². The summed E-state index contributed by atoms with van der Waals surface area (Å²) in [7, 11) is 0. The molecular formula is C33H38Br2N2O3. The fourth-order valence-electron chi connectivity index (χ4n) is 5.06. The van der Waals surface area contributed by atoms with Crippen LogP contribution in [0.2, 0.25) is 0 Å². The number of nitrogens with one attached hydrogen (secondary N) is 1. The number of amides is 2. The van der Waals surface area contributed by atoms with Crippen LogP contribution in [0.4, 0.5) is 0 Å². The van der Waals surface area contributed by atoms with Crippen molar-refractivity contribution < 1.29 is 14.3 Å². The molecule has 0 saturated heterocycles. The van der Waals surface area contributed by atoms with Gasteiger partial charge in [-0.1, -0.05) is 98.1 Å². The molecule has 0 radical (unpaired) electrons. The number of hydrogen-bond acceptors (Lipinski definition) is 3. The number of rotatable bonds is 10. The molecule has 7 heteroatoms. The van der Waals surface area contributed by atoms with E-state index in [9.17, 15) is 9.59 Å². The summed E-state index contributed by atoms with van der Waals surface area (Å²) in [5.74, 6) is 0.239. The highest BCUT2D eigenvalue weighted by molar-refractivity contribution is 9.10. The first kappa shape index (κ1) is 30.3. The molecule has 3 aromatic rings. The van der Waals surface area contributed by atoms with Crippen molar-refractivity contribution in [2.45, 2.75) is 76.9 Å². The molecule has 0 aromatic heterocycles. The number of ether oxygens (including phenoxy) is 1. The normalized spacial score (nSPS) is 14.5. The van der Waals surface area contributed by atoms with Crippen molar-refractivity contribution in [1.82, 2.24) is 10.2 Å². The minimum absolute atomic E-state index is 0.00500. The first-order valence-corrected chi connectivity index (χ1v) is 15.5. The molecule has 0 bridgehead atoms. The standard InChI is InChI=1S/C33H38Br2N2O3/c1-33(2,3)25-16-17-30(28(35)20-25)40-22-31(38)37(21-24-12-9-13-26(34)18-24)29(19-23-10-5-4-6-11-23)32(39)36-27-14-7-8-15-27/h4-6,9-13,16-18,20,27,29H,7-8,14-15,19,21-22H2,1-3H3,(H,36,39)/t29-/m1/s1. The topological polar surface area (TPSA) is 58.6 Å². The molecule has 0 aliphatic heterocycles. The van der Waals surface area contributed by atoms with Crippen molar-refractivity contribution in [1.29, 1.82) is 0 Å². The molecule has 0 spiro atoms. The van der Waals surface area contributed by atoms with Crippen LogP contribution in [0.3, 0.4) is 0 Å². The molecule has 1 aliphatic rings. The lowest BCUT2D eigenvalue weighted by molar-refractivity contribution is -0.143.